The second-order valence-corrected chi connectivity index (χ2v) is 7.60. The number of rotatable bonds is 7. The largest absolute Gasteiger partial charge is 0.417 e. The SMILES string of the molecule is C/C(=N\Nc1nnc(SCC(=O)Nc2ccc(Cl)c(C(F)(F)F)c2)n1N)c1ccncc1. The normalized spacial score (nSPS) is 12.0. The van der Waals surface area contributed by atoms with Crippen LogP contribution in [0.15, 0.2) is 53.0 Å². The number of amides is 1. The molecule has 0 saturated heterocycles. The predicted octanol–water partition coefficient (Wildman–Crippen LogP) is 3.63. The van der Waals surface area contributed by atoms with E-state index in [1.165, 1.54) is 6.07 Å². The van der Waals surface area contributed by atoms with Gasteiger partial charge in [-0.25, -0.2) is 10.1 Å². The Morgan fingerprint density at radius 1 is 1.25 bits per heavy atom. The highest BCUT2D eigenvalue weighted by atomic mass is 35.5. The molecule has 0 aliphatic carbocycles. The molecule has 9 nitrogen and oxygen atoms in total. The van der Waals surface area contributed by atoms with Gasteiger partial charge in [-0.2, -0.15) is 18.3 Å². The molecular weight excluding hydrogens is 469 g/mol. The third kappa shape index (κ3) is 5.88. The number of nitrogens with one attached hydrogen (secondary N) is 2. The molecule has 0 spiro atoms. The summed E-state index contributed by atoms with van der Waals surface area (Å²) in [5, 5.41) is 14.0. The summed E-state index contributed by atoms with van der Waals surface area (Å²) in [6.45, 7) is 1.78. The smallest absolute Gasteiger partial charge is 0.334 e. The lowest BCUT2D eigenvalue weighted by atomic mass is 10.2. The third-order valence-corrected chi connectivity index (χ3v) is 5.25. The summed E-state index contributed by atoms with van der Waals surface area (Å²) in [7, 11) is 0. The van der Waals surface area contributed by atoms with E-state index in [0.29, 0.717) is 5.71 Å². The quantitative estimate of drug-likeness (QED) is 0.202. The molecule has 0 radical (unpaired) electrons. The fourth-order valence-corrected chi connectivity index (χ4v) is 3.27. The van der Waals surface area contributed by atoms with Crippen molar-refractivity contribution in [3.63, 3.8) is 0 Å². The average molecular weight is 485 g/mol. The van der Waals surface area contributed by atoms with Crippen LogP contribution in [0.4, 0.5) is 24.8 Å². The number of alkyl halides is 3. The Kier molecular flexibility index (Phi) is 7.20. The number of thioether (sulfide) groups is 1. The highest BCUT2D eigenvalue weighted by molar-refractivity contribution is 7.99. The zero-order valence-electron chi connectivity index (χ0n) is 16.4. The number of benzene rings is 1. The molecule has 0 atom stereocenters. The molecule has 1 aromatic carbocycles. The molecule has 0 aliphatic heterocycles. The van der Waals surface area contributed by atoms with E-state index in [2.05, 4.69) is 31.0 Å². The van der Waals surface area contributed by atoms with Crippen LogP contribution in [-0.2, 0) is 11.0 Å². The molecule has 3 rings (SSSR count). The second-order valence-electron chi connectivity index (χ2n) is 6.25. The summed E-state index contributed by atoms with van der Waals surface area (Å²) in [5.41, 5.74) is 3.11. The standard InChI is InChI=1S/C18H16ClF3N8OS/c1-10(11-4-6-24-7-5-11)26-27-16-28-29-17(30(16)23)32-9-15(31)25-12-2-3-14(19)13(8-12)18(20,21)22/h2-8H,9,23H2,1H3,(H,25,31)(H,27,28)/b26-10+. The van der Waals surface area contributed by atoms with E-state index >= 15 is 0 Å². The highest BCUT2D eigenvalue weighted by Crippen LogP contribution is 2.36. The molecule has 0 unspecified atom stereocenters. The van der Waals surface area contributed by atoms with Crippen LogP contribution in [0.2, 0.25) is 5.02 Å². The molecule has 0 fully saturated rings. The van der Waals surface area contributed by atoms with Crippen LogP contribution in [0.3, 0.4) is 0 Å². The molecule has 4 N–H and O–H groups in total. The summed E-state index contributed by atoms with van der Waals surface area (Å²) >= 11 is 6.52. The molecule has 168 valence electrons. The number of carbonyl (C=O) groups excluding carboxylic acids is 1. The van der Waals surface area contributed by atoms with Crippen LogP contribution in [-0.4, -0.2) is 37.2 Å². The van der Waals surface area contributed by atoms with E-state index in [-0.39, 0.29) is 22.5 Å². The van der Waals surface area contributed by atoms with Crippen molar-refractivity contribution in [2.24, 2.45) is 5.10 Å². The van der Waals surface area contributed by atoms with Crippen molar-refractivity contribution >= 4 is 46.6 Å². The Balaban J connectivity index is 1.59. The van der Waals surface area contributed by atoms with E-state index in [9.17, 15) is 18.0 Å². The molecule has 1 amide bonds. The van der Waals surface area contributed by atoms with Gasteiger partial charge in [-0.1, -0.05) is 23.4 Å². The number of hydrazone groups is 1. The van der Waals surface area contributed by atoms with Crippen molar-refractivity contribution in [1.29, 1.82) is 0 Å². The van der Waals surface area contributed by atoms with Gasteiger partial charge in [-0.05, 0) is 37.3 Å². The Morgan fingerprint density at radius 3 is 2.66 bits per heavy atom. The van der Waals surface area contributed by atoms with Crippen LogP contribution in [0.25, 0.3) is 0 Å². The number of pyridine rings is 1. The highest BCUT2D eigenvalue weighted by Gasteiger charge is 2.33. The molecule has 3 aromatic rings. The summed E-state index contributed by atoms with van der Waals surface area (Å²) in [6.07, 6.45) is -1.37. The zero-order valence-corrected chi connectivity index (χ0v) is 18.0. The van der Waals surface area contributed by atoms with Gasteiger partial charge in [0.1, 0.15) is 0 Å². The fourth-order valence-electron chi connectivity index (χ4n) is 2.39. The second kappa shape index (κ2) is 9.87. The van der Waals surface area contributed by atoms with Crippen molar-refractivity contribution < 1.29 is 18.0 Å². The maximum atomic E-state index is 12.9. The first-order valence-corrected chi connectivity index (χ1v) is 10.2. The fraction of sp³-hybridized carbons (Fsp3) is 0.167. The van der Waals surface area contributed by atoms with Gasteiger partial charge in [0.25, 0.3) is 5.95 Å². The van der Waals surface area contributed by atoms with E-state index < -0.39 is 22.7 Å². The van der Waals surface area contributed by atoms with Crippen molar-refractivity contribution in [3.8, 4) is 0 Å². The number of nitrogens with two attached hydrogens (primary N) is 1. The summed E-state index contributed by atoms with van der Waals surface area (Å²) < 4.78 is 39.9. The molecule has 0 bridgehead atoms. The van der Waals surface area contributed by atoms with Crippen LogP contribution in [0.5, 0.6) is 0 Å². The lowest BCUT2D eigenvalue weighted by molar-refractivity contribution is -0.137. The van der Waals surface area contributed by atoms with Gasteiger partial charge in [0.2, 0.25) is 11.1 Å². The topological polar surface area (TPSA) is 123 Å². The molecule has 2 heterocycles. The minimum absolute atomic E-state index is 0.0372. The number of hydrogen-bond acceptors (Lipinski definition) is 8. The average Bonchev–Trinajstić information content (AvgIpc) is 3.11. The van der Waals surface area contributed by atoms with Gasteiger partial charge in [-0.15, -0.1) is 10.2 Å². The molecule has 0 aliphatic rings. The predicted molar refractivity (Wildman–Crippen MR) is 116 cm³/mol. The van der Waals surface area contributed by atoms with Crippen LogP contribution < -0.4 is 16.6 Å². The molecule has 14 heteroatoms. The van der Waals surface area contributed by atoms with E-state index in [4.69, 9.17) is 17.4 Å². The Bertz CT molecular complexity index is 1140. The summed E-state index contributed by atoms with van der Waals surface area (Å²) in [4.78, 5) is 16.1. The monoisotopic (exact) mass is 484 g/mol. The van der Waals surface area contributed by atoms with Crippen molar-refractivity contribution in [2.75, 3.05) is 22.3 Å². The molecule has 0 saturated carbocycles. The Labute approximate surface area is 189 Å². The Hall–Kier alpha value is -3.32. The van der Waals surface area contributed by atoms with Gasteiger partial charge < -0.3 is 11.2 Å². The first kappa shape index (κ1) is 23.3. The van der Waals surface area contributed by atoms with E-state index in [0.717, 1.165) is 34.1 Å². The molecular formula is C18H16ClF3N8OS. The van der Waals surface area contributed by atoms with Gasteiger partial charge >= 0.3 is 6.18 Å². The first-order chi connectivity index (χ1) is 15.1. The number of hydrogen-bond donors (Lipinski definition) is 3. The lowest BCUT2D eigenvalue weighted by Crippen LogP contribution is -2.17. The summed E-state index contributed by atoms with van der Waals surface area (Å²) in [5.74, 6) is 5.31. The number of halogens is 4. The van der Waals surface area contributed by atoms with Crippen LogP contribution in [0.1, 0.15) is 18.1 Å². The van der Waals surface area contributed by atoms with Gasteiger partial charge in [0, 0.05) is 23.6 Å². The van der Waals surface area contributed by atoms with Crippen molar-refractivity contribution in [2.45, 2.75) is 18.3 Å². The number of carbonyl (C=O) groups is 1. The number of aromatic nitrogens is 4. The van der Waals surface area contributed by atoms with Gasteiger partial charge in [0.15, 0.2) is 0 Å². The maximum Gasteiger partial charge on any atom is 0.417 e. The molecule has 32 heavy (non-hydrogen) atoms. The first-order valence-electron chi connectivity index (χ1n) is 8.85. The Morgan fingerprint density at radius 2 is 1.97 bits per heavy atom. The summed E-state index contributed by atoms with van der Waals surface area (Å²) in [6, 6.07) is 6.67. The van der Waals surface area contributed by atoms with Crippen LogP contribution in [0, 0.1) is 0 Å². The molecule has 2 aromatic heterocycles. The van der Waals surface area contributed by atoms with E-state index in [1.807, 2.05) is 0 Å². The van der Waals surface area contributed by atoms with Crippen molar-refractivity contribution in [1.82, 2.24) is 19.9 Å². The maximum absolute atomic E-state index is 12.9. The van der Waals surface area contributed by atoms with Gasteiger partial charge in [-0.3, -0.25) is 9.78 Å². The van der Waals surface area contributed by atoms with Gasteiger partial charge in [0.05, 0.1) is 22.1 Å². The number of nitrogen functional groups attached to an aromatic ring is 1. The van der Waals surface area contributed by atoms with Crippen LogP contribution >= 0.6 is 23.4 Å². The van der Waals surface area contributed by atoms with E-state index in [1.54, 1.807) is 31.5 Å². The zero-order chi connectivity index (χ0) is 23.3. The minimum atomic E-state index is -4.63. The lowest BCUT2D eigenvalue weighted by Gasteiger charge is -2.11. The number of anilines is 2. The third-order valence-electron chi connectivity index (χ3n) is 3.97. The number of nitrogens with zero attached hydrogens (tertiary/aromatic N) is 5. The minimum Gasteiger partial charge on any atom is -0.334 e. The van der Waals surface area contributed by atoms with Crippen molar-refractivity contribution in [3.05, 3.63) is 58.9 Å².